The molecule has 2 aromatic heterocycles. The van der Waals surface area contributed by atoms with Crippen molar-refractivity contribution in [3.63, 3.8) is 0 Å². The molecule has 0 unspecified atom stereocenters. The first-order valence-corrected chi connectivity index (χ1v) is 12.2. The minimum Gasteiger partial charge on any atom is -0.480 e. The van der Waals surface area contributed by atoms with E-state index in [1.54, 1.807) is 23.1 Å². The Morgan fingerprint density at radius 1 is 1.21 bits per heavy atom. The molecule has 0 fully saturated rings. The second-order valence-electron chi connectivity index (χ2n) is 8.58. The minimum absolute atomic E-state index is 0.0309. The summed E-state index contributed by atoms with van der Waals surface area (Å²) < 4.78 is 2.56. The van der Waals surface area contributed by atoms with Crippen molar-refractivity contribution in [3.8, 4) is 0 Å². The van der Waals surface area contributed by atoms with E-state index >= 15 is 0 Å². The Balaban J connectivity index is 1.65. The molecule has 0 aliphatic heterocycles. The Bertz CT molecular complexity index is 1180. The van der Waals surface area contributed by atoms with E-state index in [0.717, 1.165) is 46.9 Å². The zero-order valence-electron chi connectivity index (χ0n) is 20.0. The molecular formula is C24H33N5O3S. The molecule has 0 atom stereocenters. The minimum atomic E-state index is -0.875. The van der Waals surface area contributed by atoms with Gasteiger partial charge in [0.2, 0.25) is 0 Å². The summed E-state index contributed by atoms with van der Waals surface area (Å²) >= 11 is 1.32. The van der Waals surface area contributed by atoms with Crippen molar-refractivity contribution >= 4 is 34.5 Å². The molecule has 0 saturated heterocycles. The van der Waals surface area contributed by atoms with Gasteiger partial charge in [0.25, 0.3) is 5.56 Å². The largest absolute Gasteiger partial charge is 0.480 e. The van der Waals surface area contributed by atoms with Crippen LogP contribution in [0.3, 0.4) is 0 Å². The summed E-state index contributed by atoms with van der Waals surface area (Å²) in [6.07, 6.45) is 3.22. The first-order valence-electron chi connectivity index (χ1n) is 11.4. The SMILES string of the molecule is CCCc1nn(C)c2c(=O)n(CCCNc3ccc(SC(C)(C)C(=O)O)cc3)c(CC)nc12. The van der Waals surface area contributed by atoms with Crippen LogP contribution in [0.2, 0.25) is 0 Å². The predicted octanol–water partition coefficient (Wildman–Crippen LogP) is 4.10. The van der Waals surface area contributed by atoms with E-state index in [4.69, 9.17) is 4.98 Å². The molecule has 0 bridgehead atoms. The third-order valence-corrected chi connectivity index (χ3v) is 6.72. The number of nitrogens with zero attached hydrogens (tertiary/aromatic N) is 4. The van der Waals surface area contributed by atoms with Crippen LogP contribution in [0.1, 0.15) is 52.1 Å². The fraction of sp³-hybridized carbons (Fsp3) is 0.500. The van der Waals surface area contributed by atoms with Crippen LogP contribution >= 0.6 is 11.8 Å². The molecule has 0 aliphatic rings. The first-order chi connectivity index (χ1) is 15.7. The lowest BCUT2D eigenvalue weighted by Crippen LogP contribution is -2.27. The second kappa shape index (κ2) is 10.4. The van der Waals surface area contributed by atoms with Crippen molar-refractivity contribution in [1.82, 2.24) is 19.3 Å². The number of rotatable bonds is 11. The average molecular weight is 472 g/mol. The molecule has 0 saturated carbocycles. The summed E-state index contributed by atoms with van der Waals surface area (Å²) in [6, 6.07) is 7.74. The van der Waals surface area contributed by atoms with Gasteiger partial charge in [-0.05, 0) is 51.0 Å². The number of thioether (sulfide) groups is 1. The summed E-state index contributed by atoms with van der Waals surface area (Å²) in [5.41, 5.74) is 3.13. The van der Waals surface area contributed by atoms with Gasteiger partial charge in [-0.15, -0.1) is 11.8 Å². The molecule has 0 radical (unpaired) electrons. The van der Waals surface area contributed by atoms with Crippen LogP contribution < -0.4 is 10.9 Å². The lowest BCUT2D eigenvalue weighted by atomic mass is 10.2. The average Bonchev–Trinajstić information content (AvgIpc) is 3.08. The maximum Gasteiger partial charge on any atom is 0.319 e. The fourth-order valence-electron chi connectivity index (χ4n) is 3.71. The highest BCUT2D eigenvalue weighted by atomic mass is 32.2. The lowest BCUT2D eigenvalue weighted by Gasteiger charge is -2.18. The van der Waals surface area contributed by atoms with Crippen molar-refractivity contribution in [2.45, 2.75) is 69.6 Å². The van der Waals surface area contributed by atoms with E-state index in [1.165, 1.54) is 11.8 Å². The van der Waals surface area contributed by atoms with Gasteiger partial charge in [0.05, 0.1) is 5.69 Å². The van der Waals surface area contributed by atoms with Crippen LogP contribution in [0.5, 0.6) is 0 Å². The molecule has 8 nitrogen and oxygen atoms in total. The van der Waals surface area contributed by atoms with Crippen molar-refractivity contribution < 1.29 is 9.90 Å². The number of benzene rings is 1. The first kappa shape index (κ1) is 24.8. The van der Waals surface area contributed by atoms with E-state index in [9.17, 15) is 14.7 Å². The number of aliphatic carboxylic acids is 1. The van der Waals surface area contributed by atoms with Crippen molar-refractivity contribution in [2.24, 2.45) is 7.05 Å². The van der Waals surface area contributed by atoms with Crippen LogP contribution in [-0.2, 0) is 31.2 Å². The Morgan fingerprint density at radius 3 is 2.52 bits per heavy atom. The van der Waals surface area contributed by atoms with Gasteiger partial charge >= 0.3 is 5.97 Å². The zero-order valence-corrected chi connectivity index (χ0v) is 20.8. The quantitative estimate of drug-likeness (QED) is 0.321. The molecule has 33 heavy (non-hydrogen) atoms. The van der Waals surface area contributed by atoms with Crippen LogP contribution in [0, 0.1) is 0 Å². The van der Waals surface area contributed by atoms with E-state index in [0.29, 0.717) is 25.0 Å². The zero-order chi connectivity index (χ0) is 24.2. The summed E-state index contributed by atoms with van der Waals surface area (Å²) in [7, 11) is 1.81. The van der Waals surface area contributed by atoms with Crippen LogP contribution in [0.4, 0.5) is 5.69 Å². The highest BCUT2D eigenvalue weighted by molar-refractivity contribution is 8.01. The number of hydrogen-bond donors (Lipinski definition) is 2. The molecule has 0 spiro atoms. The van der Waals surface area contributed by atoms with E-state index in [2.05, 4.69) is 17.3 Å². The molecule has 0 aliphatic carbocycles. The third kappa shape index (κ3) is 5.58. The summed E-state index contributed by atoms with van der Waals surface area (Å²) in [5, 5.41) is 17.2. The van der Waals surface area contributed by atoms with Gasteiger partial charge in [0.15, 0.2) is 5.52 Å². The number of nitrogens with one attached hydrogen (secondary N) is 1. The second-order valence-corrected chi connectivity index (χ2v) is 10.3. The smallest absolute Gasteiger partial charge is 0.319 e. The molecule has 9 heteroatoms. The van der Waals surface area contributed by atoms with Gasteiger partial charge < -0.3 is 10.4 Å². The molecule has 3 aromatic rings. The molecule has 1 aromatic carbocycles. The topological polar surface area (TPSA) is 102 Å². The Kier molecular flexibility index (Phi) is 7.84. The number of hydrogen-bond acceptors (Lipinski definition) is 6. The van der Waals surface area contributed by atoms with E-state index < -0.39 is 10.7 Å². The number of anilines is 1. The van der Waals surface area contributed by atoms with Gasteiger partial charge in [-0.2, -0.15) is 5.10 Å². The molecule has 2 heterocycles. The number of carboxylic acid groups (broad SMARTS) is 1. The normalized spacial score (nSPS) is 11.8. The van der Waals surface area contributed by atoms with Crippen LogP contribution in [-0.4, -0.2) is 41.7 Å². The number of carboxylic acids is 1. The lowest BCUT2D eigenvalue weighted by molar-refractivity contribution is -0.138. The van der Waals surface area contributed by atoms with Crippen molar-refractivity contribution in [3.05, 3.63) is 46.1 Å². The van der Waals surface area contributed by atoms with Gasteiger partial charge in [-0.3, -0.25) is 18.8 Å². The van der Waals surface area contributed by atoms with E-state index in [1.807, 2.05) is 38.2 Å². The maximum atomic E-state index is 13.2. The molecule has 178 valence electrons. The molecule has 3 rings (SSSR count). The van der Waals surface area contributed by atoms with E-state index in [-0.39, 0.29) is 5.56 Å². The highest BCUT2D eigenvalue weighted by Gasteiger charge is 2.28. The van der Waals surface area contributed by atoms with Crippen LogP contribution in [0.15, 0.2) is 34.0 Å². The number of aromatic nitrogens is 4. The highest BCUT2D eigenvalue weighted by Crippen LogP contribution is 2.33. The molecule has 0 amide bonds. The van der Waals surface area contributed by atoms with Crippen LogP contribution in [0.25, 0.3) is 11.0 Å². The molecular weight excluding hydrogens is 438 g/mol. The predicted molar refractivity (Wildman–Crippen MR) is 133 cm³/mol. The number of fused-ring (bicyclic) bond motifs is 1. The Morgan fingerprint density at radius 2 is 1.91 bits per heavy atom. The number of carbonyl (C=O) groups is 1. The van der Waals surface area contributed by atoms with Gasteiger partial charge in [-0.1, -0.05) is 20.3 Å². The van der Waals surface area contributed by atoms with Gasteiger partial charge in [-0.25, -0.2) is 4.98 Å². The monoisotopic (exact) mass is 471 g/mol. The molecule has 2 N–H and O–H groups in total. The van der Waals surface area contributed by atoms with Gasteiger partial charge in [0.1, 0.15) is 16.1 Å². The standard InChI is InChI=1S/C24H33N5O3S/c1-6-9-18-20-21(28(5)27-18)22(30)29(19(7-2)26-20)15-8-14-25-16-10-12-17(13-11-16)33-24(3,4)23(31)32/h10-13,25H,6-9,14-15H2,1-5H3,(H,31,32). The summed E-state index contributed by atoms with van der Waals surface area (Å²) in [5.74, 6) is -0.0444. The third-order valence-electron chi connectivity index (χ3n) is 5.53. The Labute approximate surface area is 198 Å². The maximum absolute atomic E-state index is 13.2. The summed E-state index contributed by atoms with van der Waals surface area (Å²) in [6.45, 7) is 8.78. The van der Waals surface area contributed by atoms with Crippen molar-refractivity contribution in [2.75, 3.05) is 11.9 Å². The van der Waals surface area contributed by atoms with Gasteiger partial charge in [0, 0.05) is 37.1 Å². The fourth-order valence-corrected chi connectivity index (χ4v) is 4.66. The Hall–Kier alpha value is -2.81. The number of aryl methyl sites for hydroxylation is 3. The summed E-state index contributed by atoms with van der Waals surface area (Å²) in [4.78, 5) is 30.2. The van der Waals surface area contributed by atoms with Crippen molar-refractivity contribution in [1.29, 1.82) is 0 Å².